The van der Waals surface area contributed by atoms with Gasteiger partial charge in [0, 0.05) is 30.0 Å². The van der Waals surface area contributed by atoms with E-state index in [0.29, 0.717) is 23.7 Å². The number of nitrogens with zero attached hydrogens (tertiary/aromatic N) is 2. The fourth-order valence-electron chi connectivity index (χ4n) is 3.08. The lowest BCUT2D eigenvalue weighted by molar-refractivity contribution is 0.102. The molecular weight excluding hydrogens is 408 g/mol. The fraction of sp³-hybridized carbons (Fsp3) is 0.250. The van der Waals surface area contributed by atoms with Gasteiger partial charge in [-0.2, -0.15) is 0 Å². The van der Waals surface area contributed by atoms with Gasteiger partial charge in [-0.25, -0.2) is 13.1 Å². The molecule has 9 nitrogen and oxygen atoms in total. The van der Waals surface area contributed by atoms with Gasteiger partial charge in [-0.15, -0.1) is 10.2 Å². The van der Waals surface area contributed by atoms with Crippen LogP contribution >= 0.6 is 0 Å². The number of amides is 1. The summed E-state index contributed by atoms with van der Waals surface area (Å²) < 4.78 is 37.9. The summed E-state index contributed by atoms with van der Waals surface area (Å²) in [7, 11) is -3.66. The minimum Gasteiger partial charge on any atom is -0.423 e. The molecule has 1 saturated heterocycles. The van der Waals surface area contributed by atoms with Crippen LogP contribution < -0.4 is 10.0 Å². The van der Waals surface area contributed by atoms with Gasteiger partial charge in [0.25, 0.3) is 5.91 Å². The lowest BCUT2D eigenvalue weighted by Crippen LogP contribution is -2.31. The Hall–Kier alpha value is -3.08. The van der Waals surface area contributed by atoms with Crippen LogP contribution in [-0.4, -0.2) is 43.8 Å². The fourth-order valence-corrected chi connectivity index (χ4v) is 4.14. The van der Waals surface area contributed by atoms with Crippen LogP contribution in [0.4, 0.5) is 5.69 Å². The smallest absolute Gasteiger partial charge is 0.255 e. The highest BCUT2D eigenvalue weighted by molar-refractivity contribution is 7.89. The normalized spacial score (nSPS) is 16.5. The topological polar surface area (TPSA) is 123 Å². The zero-order valence-corrected chi connectivity index (χ0v) is 16.8. The molecule has 156 valence electrons. The van der Waals surface area contributed by atoms with Gasteiger partial charge in [0.2, 0.25) is 22.3 Å². The summed E-state index contributed by atoms with van der Waals surface area (Å²) in [6.07, 6.45) is 2.94. The molecule has 1 aliphatic heterocycles. The third kappa shape index (κ3) is 4.73. The summed E-state index contributed by atoms with van der Waals surface area (Å²) >= 11 is 0. The molecule has 0 bridgehead atoms. The number of hydrogen-bond donors (Lipinski definition) is 2. The Labute approximate surface area is 173 Å². The van der Waals surface area contributed by atoms with E-state index in [2.05, 4.69) is 20.2 Å². The second kappa shape index (κ2) is 8.74. The Morgan fingerprint density at radius 2 is 1.87 bits per heavy atom. The van der Waals surface area contributed by atoms with E-state index in [0.717, 1.165) is 18.4 Å². The maximum absolute atomic E-state index is 12.5. The molecule has 0 unspecified atom stereocenters. The van der Waals surface area contributed by atoms with Crippen molar-refractivity contribution in [2.24, 2.45) is 0 Å². The van der Waals surface area contributed by atoms with Crippen molar-refractivity contribution in [2.45, 2.75) is 23.8 Å². The molecule has 2 heterocycles. The highest BCUT2D eigenvalue weighted by Gasteiger charge is 2.20. The van der Waals surface area contributed by atoms with Gasteiger partial charge < -0.3 is 14.5 Å². The van der Waals surface area contributed by atoms with Crippen molar-refractivity contribution in [1.82, 2.24) is 14.9 Å². The van der Waals surface area contributed by atoms with Crippen LogP contribution in [0.15, 0.2) is 64.2 Å². The highest BCUT2D eigenvalue weighted by Crippen LogP contribution is 2.20. The van der Waals surface area contributed by atoms with Crippen molar-refractivity contribution in [3.8, 4) is 11.5 Å². The van der Waals surface area contributed by atoms with Crippen molar-refractivity contribution in [3.05, 3.63) is 60.5 Å². The molecule has 0 radical (unpaired) electrons. The number of rotatable bonds is 7. The summed E-state index contributed by atoms with van der Waals surface area (Å²) in [4.78, 5) is 12.6. The largest absolute Gasteiger partial charge is 0.423 e. The predicted octanol–water partition coefficient (Wildman–Crippen LogP) is 2.45. The molecular formula is C20H20N4O5S. The first kappa shape index (κ1) is 20.2. The number of anilines is 1. The first-order valence-electron chi connectivity index (χ1n) is 9.40. The van der Waals surface area contributed by atoms with E-state index in [-0.39, 0.29) is 23.5 Å². The first-order chi connectivity index (χ1) is 14.5. The summed E-state index contributed by atoms with van der Waals surface area (Å²) in [6, 6.07) is 12.7. The minimum atomic E-state index is -3.66. The Kier molecular flexibility index (Phi) is 5.88. The Morgan fingerprint density at radius 3 is 2.50 bits per heavy atom. The van der Waals surface area contributed by atoms with Crippen molar-refractivity contribution in [3.63, 3.8) is 0 Å². The molecule has 4 rings (SSSR count). The van der Waals surface area contributed by atoms with E-state index in [4.69, 9.17) is 9.15 Å². The van der Waals surface area contributed by atoms with Crippen molar-refractivity contribution < 1.29 is 22.4 Å². The number of carbonyl (C=O) groups is 1. The number of hydrogen-bond acceptors (Lipinski definition) is 7. The molecule has 0 aliphatic carbocycles. The molecule has 1 amide bonds. The van der Waals surface area contributed by atoms with Crippen LogP contribution in [0.1, 0.15) is 23.2 Å². The standard InChI is InChI=1S/C20H20N4O5S/c25-19(23-16-7-3-15(4-8-16)20-24-21-13-29-20)14-5-9-18(10-6-14)30(26,27)22-12-17-2-1-11-28-17/h3-10,13,17,22H,1-2,11-12H2,(H,23,25)/t17-/m0/s1. The van der Waals surface area contributed by atoms with E-state index >= 15 is 0 Å². The number of carbonyl (C=O) groups excluding carboxylic acids is 1. The van der Waals surface area contributed by atoms with E-state index in [1.165, 1.54) is 30.7 Å². The molecule has 0 saturated carbocycles. The van der Waals surface area contributed by atoms with E-state index < -0.39 is 10.0 Å². The molecule has 3 aromatic rings. The molecule has 10 heteroatoms. The van der Waals surface area contributed by atoms with Crippen LogP contribution in [0.5, 0.6) is 0 Å². The maximum atomic E-state index is 12.5. The predicted molar refractivity (Wildman–Crippen MR) is 108 cm³/mol. The minimum absolute atomic E-state index is 0.0870. The van der Waals surface area contributed by atoms with Gasteiger partial charge in [0.15, 0.2) is 0 Å². The molecule has 0 spiro atoms. The van der Waals surface area contributed by atoms with Crippen molar-refractivity contribution >= 4 is 21.6 Å². The Bertz CT molecular complexity index is 1090. The highest BCUT2D eigenvalue weighted by atomic mass is 32.2. The van der Waals surface area contributed by atoms with Crippen LogP contribution in [0, 0.1) is 0 Å². The maximum Gasteiger partial charge on any atom is 0.255 e. The molecule has 1 aromatic heterocycles. The zero-order valence-electron chi connectivity index (χ0n) is 15.9. The number of nitrogens with one attached hydrogen (secondary N) is 2. The molecule has 1 atom stereocenters. The molecule has 1 aliphatic rings. The van der Waals surface area contributed by atoms with Gasteiger partial charge in [0.05, 0.1) is 11.0 Å². The molecule has 2 N–H and O–H groups in total. The van der Waals surface area contributed by atoms with Crippen molar-refractivity contribution in [2.75, 3.05) is 18.5 Å². The third-order valence-electron chi connectivity index (χ3n) is 4.70. The van der Waals surface area contributed by atoms with Gasteiger partial charge in [0.1, 0.15) is 0 Å². The monoisotopic (exact) mass is 428 g/mol. The van der Waals surface area contributed by atoms with E-state index in [1.54, 1.807) is 24.3 Å². The number of aromatic nitrogens is 2. The first-order valence-corrected chi connectivity index (χ1v) is 10.9. The zero-order chi connectivity index (χ0) is 21.0. The SMILES string of the molecule is O=C(Nc1ccc(-c2nnco2)cc1)c1ccc(S(=O)(=O)NC[C@@H]2CCCO2)cc1. The average Bonchev–Trinajstić information content (AvgIpc) is 3.47. The number of ether oxygens (including phenoxy) is 1. The molecule has 1 fully saturated rings. The molecule has 30 heavy (non-hydrogen) atoms. The van der Waals surface area contributed by atoms with Crippen LogP contribution in [-0.2, 0) is 14.8 Å². The third-order valence-corrected chi connectivity index (χ3v) is 6.14. The van der Waals surface area contributed by atoms with Gasteiger partial charge in [-0.1, -0.05) is 0 Å². The summed E-state index contributed by atoms with van der Waals surface area (Å²) in [5, 5.41) is 10.2. The second-order valence-electron chi connectivity index (χ2n) is 6.79. The average molecular weight is 428 g/mol. The van der Waals surface area contributed by atoms with Gasteiger partial charge in [-0.05, 0) is 61.4 Å². The summed E-state index contributed by atoms with van der Waals surface area (Å²) in [5.41, 5.74) is 1.66. The number of benzene rings is 2. The summed E-state index contributed by atoms with van der Waals surface area (Å²) in [5.74, 6) is 0.0366. The quantitative estimate of drug-likeness (QED) is 0.592. The second-order valence-corrected chi connectivity index (χ2v) is 8.55. The van der Waals surface area contributed by atoms with Crippen LogP contribution in [0.2, 0.25) is 0 Å². The number of sulfonamides is 1. The Morgan fingerprint density at radius 1 is 1.10 bits per heavy atom. The lowest BCUT2D eigenvalue weighted by atomic mass is 10.2. The van der Waals surface area contributed by atoms with Crippen LogP contribution in [0.3, 0.4) is 0 Å². The van der Waals surface area contributed by atoms with Crippen LogP contribution in [0.25, 0.3) is 11.5 Å². The van der Waals surface area contributed by atoms with Gasteiger partial charge in [-0.3, -0.25) is 4.79 Å². The summed E-state index contributed by atoms with van der Waals surface area (Å²) in [6.45, 7) is 0.903. The Balaban J connectivity index is 1.37. The van der Waals surface area contributed by atoms with E-state index in [1.807, 2.05) is 0 Å². The molecule has 2 aromatic carbocycles. The van der Waals surface area contributed by atoms with Gasteiger partial charge >= 0.3 is 0 Å². The lowest BCUT2D eigenvalue weighted by Gasteiger charge is -2.12. The van der Waals surface area contributed by atoms with Crippen molar-refractivity contribution in [1.29, 1.82) is 0 Å². The van der Waals surface area contributed by atoms with E-state index in [9.17, 15) is 13.2 Å².